The molecule has 2 N–H and O–H groups in total. The Hall–Kier alpha value is -0.570. The molecule has 2 saturated carbocycles. The Morgan fingerprint density at radius 2 is 1.83 bits per heavy atom. The average molecular weight is 250 g/mol. The summed E-state index contributed by atoms with van der Waals surface area (Å²) >= 11 is 0. The first-order valence-corrected chi connectivity index (χ1v) is 7.78. The predicted octanol–water partition coefficient (Wildman–Crippen LogP) is 2.30. The molecule has 0 aromatic rings. The van der Waals surface area contributed by atoms with Crippen LogP contribution in [0.25, 0.3) is 0 Å². The molecule has 2 unspecified atom stereocenters. The highest BCUT2D eigenvalue weighted by molar-refractivity contribution is 5.84. The first kappa shape index (κ1) is 12.5. The highest BCUT2D eigenvalue weighted by Crippen LogP contribution is 2.43. The molecule has 3 aliphatic rings. The predicted molar refractivity (Wildman–Crippen MR) is 72.0 cm³/mol. The minimum absolute atomic E-state index is 0.188. The van der Waals surface area contributed by atoms with Crippen LogP contribution in [0.15, 0.2) is 0 Å². The summed E-state index contributed by atoms with van der Waals surface area (Å²) in [6, 6.07) is 0.551. The third kappa shape index (κ3) is 1.87. The monoisotopic (exact) mass is 250 g/mol. The Labute approximate surface area is 110 Å². The van der Waals surface area contributed by atoms with Gasteiger partial charge in [-0.1, -0.05) is 25.7 Å². The van der Waals surface area contributed by atoms with Crippen LogP contribution >= 0.6 is 0 Å². The fraction of sp³-hybridized carbons (Fsp3) is 0.933. The lowest BCUT2D eigenvalue weighted by molar-refractivity contribution is -0.143. The molecule has 0 aromatic carbocycles. The summed E-state index contributed by atoms with van der Waals surface area (Å²) in [6.07, 6.45) is 10.9. The van der Waals surface area contributed by atoms with Crippen molar-refractivity contribution in [2.24, 2.45) is 17.1 Å². The number of nitrogens with two attached hydrogens (primary N) is 1. The van der Waals surface area contributed by atoms with Gasteiger partial charge in [0.2, 0.25) is 5.91 Å². The van der Waals surface area contributed by atoms with Crippen LogP contribution in [0.5, 0.6) is 0 Å². The van der Waals surface area contributed by atoms with Crippen LogP contribution in [-0.2, 0) is 4.79 Å². The molecule has 2 atom stereocenters. The van der Waals surface area contributed by atoms with E-state index in [1.165, 1.54) is 44.9 Å². The second-order valence-electron chi connectivity index (χ2n) is 6.59. The van der Waals surface area contributed by atoms with Crippen LogP contribution in [-0.4, -0.2) is 29.9 Å². The third-order valence-electron chi connectivity index (χ3n) is 5.68. The van der Waals surface area contributed by atoms with Crippen molar-refractivity contribution >= 4 is 5.91 Å². The zero-order valence-electron chi connectivity index (χ0n) is 11.4. The summed E-state index contributed by atoms with van der Waals surface area (Å²) in [5, 5.41) is 0. The van der Waals surface area contributed by atoms with Crippen molar-refractivity contribution in [3.05, 3.63) is 0 Å². The van der Waals surface area contributed by atoms with Gasteiger partial charge in [0.15, 0.2) is 0 Å². The standard InChI is InChI=1S/C15H26N2O/c16-11-15(8-3-4-9-15)14(18)17-10-7-12-5-1-2-6-13(12)17/h12-13H,1-11,16H2. The molecule has 3 heteroatoms. The number of nitrogens with zero attached hydrogens (tertiary/aromatic N) is 1. The summed E-state index contributed by atoms with van der Waals surface area (Å²) in [5.41, 5.74) is 5.77. The van der Waals surface area contributed by atoms with E-state index in [1.807, 2.05) is 0 Å². The second-order valence-corrected chi connectivity index (χ2v) is 6.59. The van der Waals surface area contributed by atoms with E-state index in [0.717, 1.165) is 25.3 Å². The number of likely N-dealkylation sites (tertiary alicyclic amines) is 1. The van der Waals surface area contributed by atoms with Crippen molar-refractivity contribution in [3.63, 3.8) is 0 Å². The van der Waals surface area contributed by atoms with E-state index < -0.39 is 0 Å². The van der Waals surface area contributed by atoms with Gasteiger partial charge in [0.25, 0.3) is 0 Å². The molecule has 102 valence electrons. The van der Waals surface area contributed by atoms with E-state index in [-0.39, 0.29) is 5.41 Å². The van der Waals surface area contributed by atoms with Gasteiger partial charge in [-0.15, -0.1) is 0 Å². The molecule has 1 aliphatic heterocycles. The SMILES string of the molecule is NCC1(C(=O)N2CCC3CCCCC32)CCCC1. The van der Waals surface area contributed by atoms with Gasteiger partial charge in [-0.3, -0.25) is 4.79 Å². The number of hydrogen-bond acceptors (Lipinski definition) is 2. The van der Waals surface area contributed by atoms with Gasteiger partial charge in [-0.05, 0) is 38.0 Å². The molecule has 0 aromatic heterocycles. The quantitative estimate of drug-likeness (QED) is 0.817. The highest BCUT2D eigenvalue weighted by atomic mass is 16.2. The highest BCUT2D eigenvalue weighted by Gasteiger charge is 2.47. The molecule has 0 spiro atoms. The fourth-order valence-electron chi connectivity index (χ4n) is 4.52. The van der Waals surface area contributed by atoms with Crippen molar-refractivity contribution < 1.29 is 4.79 Å². The number of hydrogen-bond donors (Lipinski definition) is 1. The molecular formula is C15H26N2O. The molecule has 2 aliphatic carbocycles. The first-order valence-electron chi connectivity index (χ1n) is 7.78. The van der Waals surface area contributed by atoms with Gasteiger partial charge < -0.3 is 10.6 Å². The van der Waals surface area contributed by atoms with Crippen molar-refractivity contribution in [2.45, 2.75) is 63.8 Å². The van der Waals surface area contributed by atoms with Gasteiger partial charge in [0.05, 0.1) is 5.41 Å². The lowest BCUT2D eigenvalue weighted by Crippen LogP contribution is -2.49. The van der Waals surface area contributed by atoms with Gasteiger partial charge in [-0.25, -0.2) is 0 Å². The molecule has 1 amide bonds. The van der Waals surface area contributed by atoms with Crippen LogP contribution in [0.1, 0.15) is 57.8 Å². The zero-order valence-corrected chi connectivity index (χ0v) is 11.4. The third-order valence-corrected chi connectivity index (χ3v) is 5.68. The second kappa shape index (κ2) is 4.84. The Balaban J connectivity index is 1.76. The lowest BCUT2D eigenvalue weighted by atomic mass is 9.82. The van der Waals surface area contributed by atoms with Crippen LogP contribution in [0, 0.1) is 11.3 Å². The van der Waals surface area contributed by atoms with Crippen molar-refractivity contribution in [1.82, 2.24) is 4.90 Å². The number of fused-ring (bicyclic) bond motifs is 1. The molecule has 1 heterocycles. The molecular weight excluding hydrogens is 224 g/mol. The number of carbonyl (C=O) groups excluding carboxylic acids is 1. The molecule has 3 rings (SSSR count). The van der Waals surface area contributed by atoms with E-state index in [4.69, 9.17) is 5.73 Å². The number of carbonyl (C=O) groups is 1. The maximum absolute atomic E-state index is 12.9. The minimum atomic E-state index is -0.188. The molecule has 3 fully saturated rings. The Morgan fingerprint density at radius 1 is 1.11 bits per heavy atom. The summed E-state index contributed by atoms with van der Waals surface area (Å²) in [7, 11) is 0. The van der Waals surface area contributed by atoms with E-state index in [1.54, 1.807) is 0 Å². The molecule has 0 bridgehead atoms. The summed E-state index contributed by atoms with van der Waals surface area (Å²) in [4.78, 5) is 15.1. The van der Waals surface area contributed by atoms with E-state index >= 15 is 0 Å². The van der Waals surface area contributed by atoms with Gasteiger partial charge in [-0.2, -0.15) is 0 Å². The molecule has 1 saturated heterocycles. The minimum Gasteiger partial charge on any atom is -0.339 e. The Bertz CT molecular complexity index is 322. The zero-order chi connectivity index (χ0) is 12.6. The first-order chi connectivity index (χ1) is 8.77. The van der Waals surface area contributed by atoms with E-state index in [0.29, 0.717) is 18.5 Å². The maximum atomic E-state index is 12.9. The Kier molecular flexibility index (Phi) is 3.35. The fourth-order valence-corrected chi connectivity index (χ4v) is 4.52. The lowest BCUT2D eigenvalue weighted by Gasteiger charge is -2.37. The van der Waals surface area contributed by atoms with Gasteiger partial charge >= 0.3 is 0 Å². The molecule has 18 heavy (non-hydrogen) atoms. The van der Waals surface area contributed by atoms with Gasteiger partial charge in [0.1, 0.15) is 0 Å². The summed E-state index contributed by atoms with van der Waals surface area (Å²) < 4.78 is 0. The summed E-state index contributed by atoms with van der Waals surface area (Å²) in [6.45, 7) is 1.55. The molecule has 0 radical (unpaired) electrons. The van der Waals surface area contributed by atoms with Crippen molar-refractivity contribution in [2.75, 3.05) is 13.1 Å². The largest absolute Gasteiger partial charge is 0.339 e. The van der Waals surface area contributed by atoms with Crippen LogP contribution in [0.2, 0.25) is 0 Å². The topological polar surface area (TPSA) is 46.3 Å². The smallest absolute Gasteiger partial charge is 0.230 e. The van der Waals surface area contributed by atoms with Crippen molar-refractivity contribution in [3.8, 4) is 0 Å². The van der Waals surface area contributed by atoms with E-state index in [2.05, 4.69) is 4.90 Å². The normalized spacial score (nSPS) is 34.6. The van der Waals surface area contributed by atoms with Gasteiger partial charge in [0, 0.05) is 19.1 Å². The summed E-state index contributed by atoms with van der Waals surface area (Å²) in [5.74, 6) is 1.19. The van der Waals surface area contributed by atoms with Crippen LogP contribution in [0.4, 0.5) is 0 Å². The van der Waals surface area contributed by atoms with Crippen LogP contribution < -0.4 is 5.73 Å². The maximum Gasteiger partial charge on any atom is 0.230 e. The van der Waals surface area contributed by atoms with Crippen molar-refractivity contribution in [1.29, 1.82) is 0 Å². The van der Waals surface area contributed by atoms with E-state index in [9.17, 15) is 4.79 Å². The number of amides is 1. The van der Waals surface area contributed by atoms with Crippen LogP contribution in [0.3, 0.4) is 0 Å². The number of rotatable bonds is 2. The average Bonchev–Trinajstić information content (AvgIpc) is 3.05. The Morgan fingerprint density at radius 3 is 2.56 bits per heavy atom. The molecule has 3 nitrogen and oxygen atoms in total.